The van der Waals surface area contributed by atoms with E-state index in [1.807, 2.05) is 12.1 Å². The van der Waals surface area contributed by atoms with Crippen molar-refractivity contribution in [2.75, 3.05) is 6.61 Å². The second kappa shape index (κ2) is 5.51. The number of benzene rings is 1. The van der Waals surface area contributed by atoms with Crippen LogP contribution in [0.4, 0.5) is 0 Å². The van der Waals surface area contributed by atoms with Gasteiger partial charge >= 0.3 is 5.97 Å². The summed E-state index contributed by atoms with van der Waals surface area (Å²) in [6.07, 6.45) is 1.37. The van der Waals surface area contributed by atoms with Crippen LogP contribution in [-0.2, 0) is 0 Å². The molecule has 2 rings (SSSR count). The molecule has 6 heteroatoms. The molecule has 1 aromatic carbocycles. The van der Waals surface area contributed by atoms with Gasteiger partial charge in [0.1, 0.15) is 5.75 Å². The van der Waals surface area contributed by atoms with E-state index < -0.39 is 5.97 Å². The fraction of sp³-hybridized carbons (Fsp3) is 0.308. The molecule has 0 bridgehead atoms. The monoisotopic (exact) mass is 261 g/mol. The molecule has 0 saturated heterocycles. The number of carboxylic acids is 1. The van der Waals surface area contributed by atoms with E-state index in [-0.39, 0.29) is 5.69 Å². The normalized spacial score (nSPS) is 10.7. The number of aromatic carboxylic acids is 1. The van der Waals surface area contributed by atoms with Gasteiger partial charge in [-0.1, -0.05) is 19.1 Å². The summed E-state index contributed by atoms with van der Waals surface area (Å²) in [5, 5.41) is 16.1. The number of carbonyl (C=O) groups is 1. The Labute approximate surface area is 110 Å². The molecule has 1 aromatic heterocycles. The van der Waals surface area contributed by atoms with Crippen molar-refractivity contribution in [1.82, 2.24) is 15.0 Å². The Bertz CT molecular complexity index is 561. The Morgan fingerprint density at radius 1 is 1.37 bits per heavy atom. The van der Waals surface area contributed by atoms with E-state index in [2.05, 4.69) is 24.2 Å². The Hall–Kier alpha value is -2.37. The van der Waals surface area contributed by atoms with Gasteiger partial charge in [0.2, 0.25) is 0 Å². The highest BCUT2D eigenvalue weighted by molar-refractivity contribution is 5.84. The van der Waals surface area contributed by atoms with Crippen molar-refractivity contribution in [1.29, 1.82) is 0 Å². The molecule has 0 spiro atoms. The first-order chi connectivity index (χ1) is 9.06. The van der Waals surface area contributed by atoms with E-state index in [1.165, 1.54) is 10.9 Å². The molecular weight excluding hydrogens is 246 g/mol. The van der Waals surface area contributed by atoms with Crippen molar-refractivity contribution in [3.8, 4) is 11.4 Å². The van der Waals surface area contributed by atoms with Gasteiger partial charge in [-0.3, -0.25) is 0 Å². The molecule has 0 aliphatic rings. The highest BCUT2D eigenvalue weighted by atomic mass is 16.5. The molecule has 0 unspecified atom stereocenters. The molecule has 0 radical (unpaired) electrons. The summed E-state index contributed by atoms with van der Waals surface area (Å²) in [4.78, 5) is 10.7. The Balaban J connectivity index is 2.10. The Kier molecular flexibility index (Phi) is 3.79. The highest BCUT2D eigenvalue weighted by Gasteiger charge is 2.09. The fourth-order valence-electron chi connectivity index (χ4n) is 1.45. The van der Waals surface area contributed by atoms with Gasteiger partial charge in [0.25, 0.3) is 0 Å². The molecule has 0 amide bonds. The number of nitrogens with zero attached hydrogens (tertiary/aromatic N) is 3. The maximum Gasteiger partial charge on any atom is 0.358 e. The summed E-state index contributed by atoms with van der Waals surface area (Å²) >= 11 is 0. The quantitative estimate of drug-likeness (QED) is 0.890. The van der Waals surface area contributed by atoms with Crippen LogP contribution in [0, 0.1) is 5.92 Å². The van der Waals surface area contributed by atoms with Gasteiger partial charge in [-0.15, -0.1) is 5.10 Å². The smallest absolute Gasteiger partial charge is 0.358 e. The lowest BCUT2D eigenvalue weighted by atomic mass is 10.2. The van der Waals surface area contributed by atoms with Crippen LogP contribution in [0.3, 0.4) is 0 Å². The van der Waals surface area contributed by atoms with Crippen molar-refractivity contribution in [3.63, 3.8) is 0 Å². The summed E-state index contributed by atoms with van der Waals surface area (Å²) in [6, 6.07) is 7.24. The fourth-order valence-corrected chi connectivity index (χ4v) is 1.45. The van der Waals surface area contributed by atoms with Gasteiger partial charge < -0.3 is 9.84 Å². The molecule has 0 fully saturated rings. The van der Waals surface area contributed by atoms with Crippen molar-refractivity contribution >= 4 is 5.97 Å². The van der Waals surface area contributed by atoms with Crippen LogP contribution in [0.25, 0.3) is 5.69 Å². The minimum absolute atomic E-state index is 0.0832. The highest BCUT2D eigenvalue weighted by Crippen LogP contribution is 2.15. The number of rotatable bonds is 5. The van der Waals surface area contributed by atoms with Gasteiger partial charge in [0.15, 0.2) is 5.69 Å². The van der Waals surface area contributed by atoms with Crippen LogP contribution in [0.15, 0.2) is 30.5 Å². The van der Waals surface area contributed by atoms with Crippen molar-refractivity contribution in [2.24, 2.45) is 5.92 Å². The zero-order valence-electron chi connectivity index (χ0n) is 10.8. The van der Waals surface area contributed by atoms with Gasteiger partial charge in [-0.2, -0.15) is 0 Å². The first-order valence-corrected chi connectivity index (χ1v) is 5.95. The average Bonchev–Trinajstić information content (AvgIpc) is 2.86. The van der Waals surface area contributed by atoms with Crippen molar-refractivity contribution < 1.29 is 14.6 Å². The largest absolute Gasteiger partial charge is 0.493 e. The zero-order chi connectivity index (χ0) is 13.8. The maximum absolute atomic E-state index is 10.7. The van der Waals surface area contributed by atoms with Gasteiger partial charge in [0, 0.05) is 0 Å². The summed E-state index contributed by atoms with van der Waals surface area (Å²) in [5.74, 6) is 0.146. The predicted molar refractivity (Wildman–Crippen MR) is 68.7 cm³/mol. The number of ether oxygens (including phenoxy) is 1. The van der Waals surface area contributed by atoms with Crippen LogP contribution in [0.1, 0.15) is 24.3 Å². The standard InChI is InChI=1S/C13H15N3O3/c1-9(2)8-19-11-5-3-10(4-6-11)16-7-12(13(17)18)14-15-16/h3-7,9H,8H2,1-2H3,(H,17,18). The lowest BCUT2D eigenvalue weighted by Crippen LogP contribution is -2.04. The van der Waals surface area contributed by atoms with Crippen molar-refractivity contribution in [3.05, 3.63) is 36.2 Å². The zero-order valence-corrected chi connectivity index (χ0v) is 10.8. The van der Waals surface area contributed by atoms with E-state index in [0.717, 1.165) is 11.4 Å². The lowest BCUT2D eigenvalue weighted by Gasteiger charge is -2.08. The third-order valence-corrected chi connectivity index (χ3v) is 2.40. The summed E-state index contributed by atoms with van der Waals surface area (Å²) in [6.45, 7) is 4.82. The molecule has 2 aromatic rings. The molecule has 19 heavy (non-hydrogen) atoms. The topological polar surface area (TPSA) is 77.2 Å². The van der Waals surface area contributed by atoms with Crippen LogP contribution < -0.4 is 4.74 Å². The van der Waals surface area contributed by atoms with Crippen LogP contribution in [-0.4, -0.2) is 32.7 Å². The molecule has 0 aliphatic carbocycles. The number of aromatic nitrogens is 3. The predicted octanol–water partition coefficient (Wildman–Crippen LogP) is 2.00. The minimum atomic E-state index is -1.09. The molecule has 1 N–H and O–H groups in total. The number of hydrogen-bond acceptors (Lipinski definition) is 4. The second-order valence-corrected chi connectivity index (χ2v) is 4.55. The van der Waals surface area contributed by atoms with Crippen LogP contribution in [0.2, 0.25) is 0 Å². The van der Waals surface area contributed by atoms with Gasteiger partial charge in [-0.25, -0.2) is 9.48 Å². The van der Waals surface area contributed by atoms with E-state index >= 15 is 0 Å². The number of hydrogen-bond donors (Lipinski definition) is 1. The molecule has 0 aliphatic heterocycles. The average molecular weight is 261 g/mol. The Morgan fingerprint density at radius 2 is 2.05 bits per heavy atom. The van der Waals surface area contributed by atoms with E-state index in [9.17, 15) is 4.79 Å². The van der Waals surface area contributed by atoms with Crippen LogP contribution >= 0.6 is 0 Å². The molecule has 0 atom stereocenters. The number of carboxylic acid groups (broad SMARTS) is 1. The maximum atomic E-state index is 10.7. The first kappa shape index (κ1) is 13.1. The molecule has 0 saturated carbocycles. The molecular formula is C13H15N3O3. The van der Waals surface area contributed by atoms with E-state index in [4.69, 9.17) is 9.84 Å². The SMILES string of the molecule is CC(C)COc1ccc(-n2cc(C(=O)O)nn2)cc1. The summed E-state index contributed by atoms with van der Waals surface area (Å²) in [5.41, 5.74) is 0.650. The van der Waals surface area contributed by atoms with Gasteiger partial charge in [-0.05, 0) is 30.2 Å². The third kappa shape index (κ3) is 3.31. The summed E-state index contributed by atoms with van der Waals surface area (Å²) < 4.78 is 6.97. The van der Waals surface area contributed by atoms with E-state index in [1.54, 1.807) is 12.1 Å². The Morgan fingerprint density at radius 3 is 2.58 bits per heavy atom. The van der Waals surface area contributed by atoms with Crippen LogP contribution in [0.5, 0.6) is 5.75 Å². The third-order valence-electron chi connectivity index (χ3n) is 2.40. The molecule has 100 valence electrons. The second-order valence-electron chi connectivity index (χ2n) is 4.55. The molecule has 1 heterocycles. The summed E-state index contributed by atoms with van der Waals surface area (Å²) in [7, 11) is 0. The lowest BCUT2D eigenvalue weighted by molar-refractivity contribution is 0.0690. The van der Waals surface area contributed by atoms with Crippen molar-refractivity contribution in [2.45, 2.75) is 13.8 Å². The van der Waals surface area contributed by atoms with E-state index in [0.29, 0.717) is 12.5 Å². The first-order valence-electron chi connectivity index (χ1n) is 5.95. The minimum Gasteiger partial charge on any atom is -0.493 e. The molecule has 6 nitrogen and oxygen atoms in total. The van der Waals surface area contributed by atoms with Gasteiger partial charge in [0.05, 0.1) is 18.5 Å².